The molecule has 0 unspecified atom stereocenters. The van der Waals surface area contributed by atoms with Crippen molar-refractivity contribution in [1.29, 1.82) is 5.26 Å². The average Bonchev–Trinajstić information content (AvgIpc) is 2.53. The Morgan fingerprint density at radius 2 is 1.70 bits per heavy atom. The molecule has 2 aromatic rings. The molecule has 116 valence electrons. The fourth-order valence-corrected chi connectivity index (χ4v) is 1.72. The van der Waals surface area contributed by atoms with Gasteiger partial charge in [-0.3, -0.25) is 4.79 Å². The first-order valence-electron chi connectivity index (χ1n) is 6.42. The van der Waals surface area contributed by atoms with Crippen LogP contribution in [-0.4, -0.2) is 18.5 Å². The van der Waals surface area contributed by atoms with E-state index in [-0.39, 0.29) is 0 Å². The van der Waals surface area contributed by atoms with Crippen molar-refractivity contribution in [3.05, 3.63) is 65.2 Å². The molecular formula is C16H10F2N2O3. The maximum absolute atomic E-state index is 13.4. The molecule has 0 radical (unpaired) electrons. The van der Waals surface area contributed by atoms with Crippen LogP contribution in [0.2, 0.25) is 0 Å². The number of nitrogens with zero attached hydrogens (tertiary/aromatic N) is 1. The molecule has 2 rings (SSSR count). The first-order chi connectivity index (χ1) is 11.0. The van der Waals surface area contributed by atoms with Crippen LogP contribution in [0.25, 0.3) is 0 Å². The van der Waals surface area contributed by atoms with Gasteiger partial charge in [-0.1, -0.05) is 6.07 Å². The average molecular weight is 316 g/mol. The number of hydrogen-bond donors (Lipinski definition) is 1. The van der Waals surface area contributed by atoms with Gasteiger partial charge >= 0.3 is 5.97 Å². The number of esters is 1. The lowest BCUT2D eigenvalue weighted by molar-refractivity contribution is -0.119. The highest BCUT2D eigenvalue weighted by atomic mass is 19.1. The van der Waals surface area contributed by atoms with E-state index in [0.717, 1.165) is 18.2 Å². The molecule has 0 saturated carbocycles. The number of nitrogens with one attached hydrogen (secondary N) is 1. The molecular weight excluding hydrogens is 306 g/mol. The maximum Gasteiger partial charge on any atom is 0.344 e. The van der Waals surface area contributed by atoms with E-state index in [1.807, 2.05) is 6.07 Å². The van der Waals surface area contributed by atoms with E-state index in [1.165, 1.54) is 24.3 Å². The van der Waals surface area contributed by atoms with Crippen molar-refractivity contribution in [2.45, 2.75) is 0 Å². The largest absolute Gasteiger partial charge is 0.452 e. The fourth-order valence-electron chi connectivity index (χ4n) is 1.72. The van der Waals surface area contributed by atoms with E-state index < -0.39 is 35.7 Å². The standard InChI is InChI=1S/C16H10F2N2O3/c17-12-2-1-3-13(18)15(12)16(22)23-9-14(21)20-11-6-4-10(8-19)5-7-11/h1-7H,9H2,(H,20,21). The second kappa shape index (κ2) is 7.13. The van der Waals surface area contributed by atoms with Gasteiger partial charge in [0.2, 0.25) is 0 Å². The van der Waals surface area contributed by atoms with E-state index in [9.17, 15) is 18.4 Å². The van der Waals surface area contributed by atoms with Crippen molar-refractivity contribution >= 4 is 17.6 Å². The Kier molecular flexibility index (Phi) is 5.00. The zero-order chi connectivity index (χ0) is 16.8. The van der Waals surface area contributed by atoms with Crippen LogP contribution in [0.15, 0.2) is 42.5 Å². The molecule has 0 atom stereocenters. The van der Waals surface area contributed by atoms with Gasteiger partial charge in [-0.15, -0.1) is 0 Å². The summed E-state index contributed by atoms with van der Waals surface area (Å²) in [7, 11) is 0. The molecule has 1 N–H and O–H groups in total. The van der Waals surface area contributed by atoms with Gasteiger partial charge in [-0.25, -0.2) is 13.6 Å². The predicted molar refractivity (Wildman–Crippen MR) is 76.4 cm³/mol. The van der Waals surface area contributed by atoms with Gasteiger partial charge in [0, 0.05) is 5.69 Å². The molecule has 23 heavy (non-hydrogen) atoms. The highest BCUT2D eigenvalue weighted by Crippen LogP contribution is 2.13. The minimum Gasteiger partial charge on any atom is -0.452 e. The minimum atomic E-state index is -1.27. The number of carbonyl (C=O) groups is 2. The van der Waals surface area contributed by atoms with E-state index in [1.54, 1.807) is 0 Å². The molecule has 0 spiro atoms. The molecule has 0 bridgehead atoms. The third kappa shape index (κ3) is 4.11. The predicted octanol–water partition coefficient (Wildman–Crippen LogP) is 2.63. The van der Waals surface area contributed by atoms with Gasteiger partial charge < -0.3 is 10.1 Å². The lowest BCUT2D eigenvalue weighted by Gasteiger charge is -2.07. The van der Waals surface area contributed by atoms with E-state index in [2.05, 4.69) is 10.1 Å². The van der Waals surface area contributed by atoms with Crippen molar-refractivity contribution in [3.8, 4) is 6.07 Å². The SMILES string of the molecule is N#Cc1ccc(NC(=O)COC(=O)c2c(F)cccc2F)cc1. The van der Waals surface area contributed by atoms with Crippen LogP contribution in [0, 0.1) is 23.0 Å². The topological polar surface area (TPSA) is 79.2 Å². The Hall–Kier alpha value is -3.27. The van der Waals surface area contributed by atoms with E-state index in [4.69, 9.17) is 5.26 Å². The molecule has 0 aliphatic heterocycles. The first-order valence-corrected chi connectivity index (χ1v) is 6.42. The molecule has 0 saturated heterocycles. The van der Waals surface area contributed by atoms with Gasteiger partial charge in [0.15, 0.2) is 6.61 Å². The zero-order valence-corrected chi connectivity index (χ0v) is 11.7. The highest BCUT2D eigenvalue weighted by Gasteiger charge is 2.19. The number of amides is 1. The van der Waals surface area contributed by atoms with Crippen LogP contribution in [-0.2, 0) is 9.53 Å². The summed E-state index contributed by atoms with van der Waals surface area (Å²) in [6.07, 6.45) is 0. The summed E-state index contributed by atoms with van der Waals surface area (Å²) in [6, 6.07) is 10.8. The van der Waals surface area contributed by atoms with Crippen molar-refractivity contribution in [1.82, 2.24) is 0 Å². The molecule has 0 aliphatic rings. The van der Waals surface area contributed by atoms with Crippen molar-refractivity contribution in [2.75, 3.05) is 11.9 Å². The van der Waals surface area contributed by atoms with Crippen molar-refractivity contribution in [3.63, 3.8) is 0 Å². The zero-order valence-electron chi connectivity index (χ0n) is 11.7. The second-order valence-corrected chi connectivity index (χ2v) is 4.41. The number of anilines is 1. The third-order valence-corrected chi connectivity index (χ3v) is 2.80. The van der Waals surface area contributed by atoms with Crippen molar-refractivity contribution < 1.29 is 23.1 Å². The summed E-state index contributed by atoms with van der Waals surface area (Å²) < 4.78 is 31.3. The molecule has 0 aliphatic carbocycles. The summed E-state index contributed by atoms with van der Waals surface area (Å²) in [4.78, 5) is 23.2. The summed E-state index contributed by atoms with van der Waals surface area (Å²) in [5.41, 5.74) is -0.0368. The highest BCUT2D eigenvalue weighted by molar-refractivity contribution is 5.95. The summed E-state index contributed by atoms with van der Waals surface area (Å²) >= 11 is 0. The Balaban J connectivity index is 1.93. The van der Waals surface area contributed by atoms with Crippen LogP contribution in [0.5, 0.6) is 0 Å². The number of nitriles is 1. The quantitative estimate of drug-likeness (QED) is 0.879. The van der Waals surface area contributed by atoms with Gasteiger partial charge in [0.1, 0.15) is 17.2 Å². The van der Waals surface area contributed by atoms with Crippen molar-refractivity contribution in [2.24, 2.45) is 0 Å². The first kappa shape index (κ1) is 16.1. The van der Waals surface area contributed by atoms with Gasteiger partial charge in [0.05, 0.1) is 11.6 Å². The molecule has 2 aromatic carbocycles. The summed E-state index contributed by atoms with van der Waals surface area (Å²) in [5.74, 6) is -4.08. The van der Waals surface area contributed by atoms with Crippen LogP contribution in [0.1, 0.15) is 15.9 Å². The second-order valence-electron chi connectivity index (χ2n) is 4.41. The number of benzene rings is 2. The molecule has 5 nitrogen and oxygen atoms in total. The number of hydrogen-bond acceptors (Lipinski definition) is 4. The monoisotopic (exact) mass is 316 g/mol. The Morgan fingerprint density at radius 3 is 2.26 bits per heavy atom. The Labute approximate surface area is 130 Å². The number of ether oxygens (including phenoxy) is 1. The summed E-state index contributed by atoms with van der Waals surface area (Å²) in [6.45, 7) is -0.702. The fraction of sp³-hybridized carbons (Fsp3) is 0.0625. The van der Waals surface area contributed by atoms with Gasteiger partial charge in [0.25, 0.3) is 5.91 Å². The van der Waals surface area contributed by atoms with Crippen LogP contribution in [0.4, 0.5) is 14.5 Å². The van der Waals surface area contributed by atoms with Crippen LogP contribution >= 0.6 is 0 Å². The lowest BCUT2D eigenvalue weighted by atomic mass is 10.2. The maximum atomic E-state index is 13.4. The number of halogens is 2. The molecule has 0 aromatic heterocycles. The van der Waals surface area contributed by atoms with Crippen LogP contribution in [0.3, 0.4) is 0 Å². The normalized spacial score (nSPS) is 9.78. The Morgan fingerprint density at radius 1 is 1.09 bits per heavy atom. The van der Waals surface area contributed by atoms with Gasteiger partial charge in [-0.2, -0.15) is 5.26 Å². The molecule has 0 fully saturated rings. The number of carbonyl (C=O) groups excluding carboxylic acids is 2. The smallest absolute Gasteiger partial charge is 0.344 e. The minimum absolute atomic E-state index is 0.391. The van der Waals surface area contributed by atoms with Crippen LogP contribution < -0.4 is 5.32 Å². The molecule has 7 heteroatoms. The lowest BCUT2D eigenvalue weighted by Crippen LogP contribution is -2.21. The van der Waals surface area contributed by atoms with E-state index >= 15 is 0 Å². The molecule has 1 amide bonds. The molecule has 0 heterocycles. The Bertz CT molecular complexity index is 763. The van der Waals surface area contributed by atoms with E-state index in [0.29, 0.717) is 11.3 Å². The van der Waals surface area contributed by atoms with Gasteiger partial charge in [-0.05, 0) is 36.4 Å². The third-order valence-electron chi connectivity index (χ3n) is 2.80. The number of rotatable bonds is 4. The summed E-state index contributed by atoms with van der Waals surface area (Å²) in [5, 5.41) is 11.1.